The Bertz CT molecular complexity index is 122. The SMILES string of the molecule is CC(C)N1CCO[C@@H]([C@@H](C)O)C1. The molecule has 2 atom stereocenters. The van der Waals surface area contributed by atoms with Gasteiger partial charge in [0.05, 0.1) is 18.8 Å². The zero-order chi connectivity index (χ0) is 9.14. The fourth-order valence-electron chi connectivity index (χ4n) is 1.46. The molecule has 0 saturated carbocycles. The van der Waals surface area contributed by atoms with Gasteiger partial charge in [0.25, 0.3) is 0 Å². The summed E-state index contributed by atoms with van der Waals surface area (Å²) in [6.45, 7) is 8.72. The van der Waals surface area contributed by atoms with E-state index in [1.54, 1.807) is 6.92 Å². The van der Waals surface area contributed by atoms with Crippen molar-refractivity contribution in [3.63, 3.8) is 0 Å². The smallest absolute Gasteiger partial charge is 0.0958 e. The zero-order valence-corrected chi connectivity index (χ0v) is 8.16. The van der Waals surface area contributed by atoms with Crippen LogP contribution in [0.15, 0.2) is 0 Å². The van der Waals surface area contributed by atoms with Crippen molar-refractivity contribution in [3.05, 3.63) is 0 Å². The summed E-state index contributed by atoms with van der Waals surface area (Å²) in [4.78, 5) is 2.33. The average molecular weight is 173 g/mol. The standard InChI is InChI=1S/C9H19NO2/c1-7(2)10-4-5-12-9(6-10)8(3)11/h7-9,11H,4-6H2,1-3H3/t8-,9-/m1/s1. The molecule has 1 aliphatic rings. The minimum absolute atomic E-state index is 0.00106. The van der Waals surface area contributed by atoms with Crippen LogP contribution in [-0.4, -0.2) is 48.0 Å². The van der Waals surface area contributed by atoms with Crippen LogP contribution in [-0.2, 0) is 4.74 Å². The Balaban J connectivity index is 2.40. The Morgan fingerprint density at radius 2 is 2.08 bits per heavy atom. The molecule has 1 heterocycles. The van der Waals surface area contributed by atoms with Crippen molar-refractivity contribution in [1.29, 1.82) is 0 Å². The maximum atomic E-state index is 9.33. The van der Waals surface area contributed by atoms with E-state index in [1.165, 1.54) is 0 Å². The predicted octanol–water partition coefficient (Wildman–Crippen LogP) is 0.476. The lowest BCUT2D eigenvalue weighted by Gasteiger charge is -2.36. The molecule has 1 saturated heterocycles. The molecule has 0 aromatic carbocycles. The van der Waals surface area contributed by atoms with Gasteiger partial charge in [0.15, 0.2) is 0 Å². The second-order valence-electron chi connectivity index (χ2n) is 3.74. The lowest BCUT2D eigenvalue weighted by atomic mass is 10.1. The molecule has 1 N–H and O–H groups in total. The highest BCUT2D eigenvalue weighted by Crippen LogP contribution is 2.11. The van der Waals surface area contributed by atoms with Gasteiger partial charge in [-0.1, -0.05) is 0 Å². The summed E-state index contributed by atoms with van der Waals surface area (Å²) in [5, 5.41) is 9.33. The first-order valence-corrected chi connectivity index (χ1v) is 4.65. The highest BCUT2D eigenvalue weighted by Gasteiger charge is 2.25. The molecule has 0 amide bonds. The summed E-state index contributed by atoms with van der Waals surface area (Å²) < 4.78 is 5.43. The van der Waals surface area contributed by atoms with Crippen LogP contribution in [0, 0.1) is 0 Å². The van der Waals surface area contributed by atoms with Gasteiger partial charge >= 0.3 is 0 Å². The molecular weight excluding hydrogens is 154 g/mol. The van der Waals surface area contributed by atoms with Crippen molar-refractivity contribution in [2.24, 2.45) is 0 Å². The number of hydrogen-bond donors (Lipinski definition) is 1. The maximum absolute atomic E-state index is 9.33. The van der Waals surface area contributed by atoms with Gasteiger partial charge in [-0.15, -0.1) is 0 Å². The van der Waals surface area contributed by atoms with Crippen LogP contribution in [0.1, 0.15) is 20.8 Å². The Kier molecular flexibility index (Phi) is 3.50. The number of ether oxygens (including phenoxy) is 1. The van der Waals surface area contributed by atoms with Crippen molar-refractivity contribution in [3.8, 4) is 0 Å². The molecule has 0 radical (unpaired) electrons. The third-order valence-electron chi connectivity index (χ3n) is 2.39. The Hall–Kier alpha value is -0.120. The number of aliphatic hydroxyl groups is 1. The van der Waals surface area contributed by atoms with E-state index >= 15 is 0 Å². The third-order valence-corrected chi connectivity index (χ3v) is 2.39. The van der Waals surface area contributed by atoms with E-state index in [1.807, 2.05) is 0 Å². The highest BCUT2D eigenvalue weighted by molar-refractivity contribution is 4.76. The molecule has 0 bridgehead atoms. The van der Waals surface area contributed by atoms with Gasteiger partial charge in [-0.25, -0.2) is 0 Å². The van der Waals surface area contributed by atoms with E-state index in [2.05, 4.69) is 18.7 Å². The van der Waals surface area contributed by atoms with Crippen LogP contribution in [0.3, 0.4) is 0 Å². The third kappa shape index (κ3) is 2.44. The molecule has 0 aliphatic carbocycles. The van der Waals surface area contributed by atoms with E-state index < -0.39 is 0 Å². The number of morpholine rings is 1. The normalized spacial score (nSPS) is 29.2. The lowest BCUT2D eigenvalue weighted by Crippen LogP contribution is -2.49. The van der Waals surface area contributed by atoms with Crippen molar-refractivity contribution < 1.29 is 9.84 Å². The van der Waals surface area contributed by atoms with Crippen molar-refractivity contribution in [2.75, 3.05) is 19.7 Å². The Morgan fingerprint density at radius 3 is 2.58 bits per heavy atom. The van der Waals surface area contributed by atoms with E-state index in [4.69, 9.17) is 4.74 Å². The Labute approximate surface area is 74.3 Å². The van der Waals surface area contributed by atoms with Crippen LogP contribution in [0.4, 0.5) is 0 Å². The molecule has 72 valence electrons. The van der Waals surface area contributed by atoms with E-state index in [9.17, 15) is 5.11 Å². The molecule has 3 nitrogen and oxygen atoms in total. The van der Waals surface area contributed by atoms with Crippen LogP contribution in [0.25, 0.3) is 0 Å². The van der Waals surface area contributed by atoms with Crippen molar-refractivity contribution >= 4 is 0 Å². The molecule has 3 heteroatoms. The largest absolute Gasteiger partial charge is 0.391 e. The van der Waals surface area contributed by atoms with Gasteiger partial charge in [0.1, 0.15) is 0 Å². The number of hydrogen-bond acceptors (Lipinski definition) is 3. The number of aliphatic hydroxyl groups excluding tert-OH is 1. The van der Waals surface area contributed by atoms with Gasteiger partial charge < -0.3 is 9.84 Å². The molecule has 0 spiro atoms. The first-order chi connectivity index (χ1) is 5.61. The molecule has 1 fully saturated rings. The van der Waals surface area contributed by atoms with Crippen LogP contribution in [0.2, 0.25) is 0 Å². The van der Waals surface area contributed by atoms with Crippen LogP contribution >= 0.6 is 0 Å². The predicted molar refractivity (Wildman–Crippen MR) is 48.1 cm³/mol. The first kappa shape index (κ1) is 9.96. The van der Waals surface area contributed by atoms with Crippen LogP contribution in [0.5, 0.6) is 0 Å². The zero-order valence-electron chi connectivity index (χ0n) is 8.16. The van der Waals surface area contributed by atoms with Crippen molar-refractivity contribution in [1.82, 2.24) is 4.90 Å². The average Bonchev–Trinajstić information content (AvgIpc) is 2.04. The van der Waals surface area contributed by atoms with E-state index in [0.717, 1.165) is 19.7 Å². The second-order valence-corrected chi connectivity index (χ2v) is 3.74. The lowest BCUT2D eigenvalue weighted by molar-refractivity contribution is -0.0890. The summed E-state index contributed by atoms with van der Waals surface area (Å²) in [6, 6.07) is 0.551. The summed E-state index contributed by atoms with van der Waals surface area (Å²) in [5.41, 5.74) is 0. The minimum Gasteiger partial charge on any atom is -0.391 e. The topological polar surface area (TPSA) is 32.7 Å². The van der Waals surface area contributed by atoms with Crippen LogP contribution < -0.4 is 0 Å². The van der Waals surface area contributed by atoms with Crippen molar-refractivity contribution in [2.45, 2.75) is 39.0 Å². The minimum atomic E-state index is -0.355. The number of rotatable bonds is 2. The summed E-state index contributed by atoms with van der Waals surface area (Å²) in [6.07, 6.45) is -0.354. The molecule has 0 aromatic rings. The quantitative estimate of drug-likeness (QED) is 0.659. The maximum Gasteiger partial charge on any atom is 0.0958 e. The van der Waals surface area contributed by atoms with Gasteiger partial charge in [-0.3, -0.25) is 4.90 Å². The molecule has 1 aliphatic heterocycles. The monoisotopic (exact) mass is 173 g/mol. The van der Waals surface area contributed by atoms with Gasteiger partial charge in [0.2, 0.25) is 0 Å². The molecule has 0 aromatic heterocycles. The fraction of sp³-hybridized carbons (Fsp3) is 1.00. The molecule has 1 rings (SSSR count). The van der Waals surface area contributed by atoms with Gasteiger partial charge in [-0.2, -0.15) is 0 Å². The highest BCUT2D eigenvalue weighted by atomic mass is 16.5. The summed E-state index contributed by atoms with van der Waals surface area (Å²) >= 11 is 0. The Morgan fingerprint density at radius 1 is 1.42 bits per heavy atom. The molecular formula is C9H19NO2. The van der Waals surface area contributed by atoms with E-state index in [0.29, 0.717) is 6.04 Å². The second kappa shape index (κ2) is 4.21. The van der Waals surface area contributed by atoms with E-state index in [-0.39, 0.29) is 12.2 Å². The first-order valence-electron chi connectivity index (χ1n) is 4.65. The molecule has 12 heavy (non-hydrogen) atoms. The van der Waals surface area contributed by atoms with Gasteiger partial charge in [0, 0.05) is 19.1 Å². The number of nitrogens with zero attached hydrogens (tertiary/aromatic N) is 1. The fourth-order valence-corrected chi connectivity index (χ4v) is 1.46. The van der Waals surface area contributed by atoms with Gasteiger partial charge in [-0.05, 0) is 20.8 Å². The molecule has 0 unspecified atom stereocenters. The summed E-state index contributed by atoms with van der Waals surface area (Å²) in [7, 11) is 0. The summed E-state index contributed by atoms with van der Waals surface area (Å²) in [5.74, 6) is 0.